The van der Waals surface area contributed by atoms with Gasteiger partial charge in [-0.2, -0.15) is 0 Å². The van der Waals surface area contributed by atoms with Crippen molar-refractivity contribution in [2.75, 3.05) is 13.7 Å². The van der Waals surface area contributed by atoms with Crippen LogP contribution in [0.3, 0.4) is 0 Å². The maximum absolute atomic E-state index is 12.4. The van der Waals surface area contributed by atoms with Crippen LogP contribution < -0.4 is 10.3 Å². The summed E-state index contributed by atoms with van der Waals surface area (Å²) < 4.78 is 5.30. The molecule has 1 N–H and O–H groups in total. The number of nitrogens with one attached hydrogen (secondary N) is 1. The van der Waals surface area contributed by atoms with Crippen LogP contribution in [0, 0.1) is 0 Å². The van der Waals surface area contributed by atoms with Crippen LogP contribution in [0.5, 0.6) is 5.75 Å². The van der Waals surface area contributed by atoms with Gasteiger partial charge in [-0.25, -0.2) is 4.98 Å². The van der Waals surface area contributed by atoms with Crippen molar-refractivity contribution < 1.29 is 4.74 Å². The zero-order chi connectivity index (χ0) is 18.1. The molecule has 4 rings (SSSR count). The topological polar surface area (TPSA) is 58.2 Å². The molecule has 3 aromatic rings. The summed E-state index contributed by atoms with van der Waals surface area (Å²) in [5, 5.41) is 2.62. The number of benzene rings is 1. The van der Waals surface area contributed by atoms with E-state index >= 15 is 0 Å². The Kier molecular flexibility index (Phi) is 4.80. The Labute approximate surface area is 160 Å². The molecule has 26 heavy (non-hydrogen) atoms. The largest absolute Gasteiger partial charge is 0.495 e. The second-order valence-corrected chi connectivity index (χ2v) is 7.54. The second kappa shape index (κ2) is 7.23. The molecule has 0 atom stereocenters. The van der Waals surface area contributed by atoms with Gasteiger partial charge in [-0.3, -0.25) is 9.69 Å². The fourth-order valence-electron chi connectivity index (χ4n) is 3.24. The molecular weight excluding hydrogens is 370 g/mol. The zero-order valence-corrected chi connectivity index (χ0v) is 15.9. The molecular formula is C19H18ClN3O2S. The number of ether oxygens (including phenoxy) is 1. The van der Waals surface area contributed by atoms with Crippen molar-refractivity contribution in [3.05, 3.63) is 67.9 Å². The van der Waals surface area contributed by atoms with Crippen molar-refractivity contribution in [2.24, 2.45) is 0 Å². The summed E-state index contributed by atoms with van der Waals surface area (Å²) in [7, 11) is 1.62. The van der Waals surface area contributed by atoms with E-state index in [2.05, 4.69) is 9.88 Å². The number of hydrogen-bond donors (Lipinski definition) is 1. The van der Waals surface area contributed by atoms with Crippen LogP contribution in [0.1, 0.15) is 16.8 Å². The quantitative estimate of drug-likeness (QED) is 0.741. The van der Waals surface area contributed by atoms with Crippen LogP contribution in [0.2, 0.25) is 5.02 Å². The lowest BCUT2D eigenvalue weighted by atomic mass is 10.1. The fourth-order valence-corrected chi connectivity index (χ4v) is 4.17. The summed E-state index contributed by atoms with van der Waals surface area (Å²) in [5.41, 5.74) is 2.62. The highest BCUT2D eigenvalue weighted by atomic mass is 35.5. The van der Waals surface area contributed by atoms with E-state index in [1.54, 1.807) is 18.4 Å². The van der Waals surface area contributed by atoms with Crippen molar-refractivity contribution in [2.45, 2.75) is 19.5 Å². The maximum atomic E-state index is 12.4. The highest BCUT2D eigenvalue weighted by Gasteiger charge is 2.22. The van der Waals surface area contributed by atoms with Gasteiger partial charge in [0.05, 0.1) is 22.7 Å². The lowest BCUT2D eigenvalue weighted by molar-refractivity contribution is 0.240. The molecule has 0 saturated carbocycles. The van der Waals surface area contributed by atoms with Crippen LogP contribution in [-0.2, 0) is 19.5 Å². The van der Waals surface area contributed by atoms with Crippen LogP contribution in [0.25, 0.3) is 10.7 Å². The summed E-state index contributed by atoms with van der Waals surface area (Å²) in [4.78, 5) is 23.3. The molecule has 5 nitrogen and oxygen atoms in total. The smallest absolute Gasteiger partial charge is 0.254 e. The average Bonchev–Trinajstić information content (AvgIpc) is 3.18. The fraction of sp³-hybridized carbons (Fsp3) is 0.263. The molecule has 1 aromatic carbocycles. The Hall–Kier alpha value is -2.15. The highest BCUT2D eigenvalue weighted by molar-refractivity contribution is 7.13. The molecule has 7 heteroatoms. The summed E-state index contributed by atoms with van der Waals surface area (Å²) in [6.07, 6.45) is 0.684. The molecule has 3 heterocycles. The van der Waals surface area contributed by atoms with E-state index in [0.29, 0.717) is 36.1 Å². The first-order valence-corrected chi connectivity index (χ1v) is 9.61. The number of fused-ring (bicyclic) bond motifs is 1. The molecule has 0 radical (unpaired) electrons. The number of hydrogen-bond acceptors (Lipinski definition) is 5. The standard InChI is InChI=1S/C19H18ClN3O2S/c1-25-15-5-2-4-12(17(15)20)10-23-8-7-13-14(11-23)21-18(22-19(13)24)16-6-3-9-26-16/h2-6,9H,7-8,10-11H2,1H3,(H,21,22,24). The Morgan fingerprint density at radius 1 is 1.35 bits per heavy atom. The second-order valence-electron chi connectivity index (χ2n) is 6.21. The van der Waals surface area contributed by atoms with Crippen LogP contribution in [-0.4, -0.2) is 28.5 Å². The number of nitrogens with zero attached hydrogens (tertiary/aromatic N) is 2. The third-order valence-electron chi connectivity index (χ3n) is 4.56. The van der Waals surface area contributed by atoms with Gasteiger partial charge in [0.25, 0.3) is 5.56 Å². The van der Waals surface area contributed by atoms with Gasteiger partial charge in [0.2, 0.25) is 0 Å². The Balaban J connectivity index is 1.61. The van der Waals surface area contributed by atoms with E-state index in [4.69, 9.17) is 21.3 Å². The van der Waals surface area contributed by atoms with Gasteiger partial charge in [0.1, 0.15) is 5.75 Å². The predicted molar refractivity (Wildman–Crippen MR) is 104 cm³/mol. The number of rotatable bonds is 4. The number of thiophene rings is 1. The number of methoxy groups -OCH3 is 1. The third kappa shape index (κ3) is 3.28. The van der Waals surface area contributed by atoms with E-state index in [9.17, 15) is 4.79 Å². The summed E-state index contributed by atoms with van der Waals surface area (Å²) >= 11 is 7.99. The van der Waals surface area contributed by atoms with Gasteiger partial charge in [0.15, 0.2) is 5.82 Å². The first-order valence-electron chi connectivity index (χ1n) is 8.35. The minimum atomic E-state index is -0.0301. The first-order chi connectivity index (χ1) is 12.7. The van der Waals surface area contributed by atoms with Gasteiger partial charge >= 0.3 is 0 Å². The van der Waals surface area contributed by atoms with Gasteiger partial charge in [0, 0.05) is 25.2 Å². The molecule has 0 saturated heterocycles. The van der Waals surface area contributed by atoms with Crippen molar-refractivity contribution in [1.82, 2.24) is 14.9 Å². The van der Waals surface area contributed by atoms with E-state index in [1.165, 1.54) is 0 Å². The SMILES string of the molecule is COc1cccc(CN2CCc3c(nc(-c4cccs4)[nH]c3=O)C2)c1Cl. The highest BCUT2D eigenvalue weighted by Crippen LogP contribution is 2.30. The Morgan fingerprint density at radius 2 is 2.23 bits per heavy atom. The van der Waals surface area contributed by atoms with Crippen molar-refractivity contribution >= 4 is 22.9 Å². The van der Waals surface area contributed by atoms with Gasteiger partial charge in [-0.1, -0.05) is 29.8 Å². The molecule has 0 amide bonds. The number of aromatic amines is 1. The van der Waals surface area contributed by atoms with Crippen LogP contribution >= 0.6 is 22.9 Å². The first kappa shape index (κ1) is 17.3. The predicted octanol–water partition coefficient (Wildman–Crippen LogP) is 3.72. The molecule has 1 aliphatic rings. The number of H-pyrrole nitrogens is 1. The Morgan fingerprint density at radius 3 is 3.00 bits per heavy atom. The molecule has 134 valence electrons. The minimum absolute atomic E-state index is 0.0301. The van der Waals surface area contributed by atoms with Crippen molar-refractivity contribution in [1.29, 1.82) is 0 Å². The third-order valence-corrected chi connectivity index (χ3v) is 5.87. The normalized spacial score (nSPS) is 14.2. The van der Waals surface area contributed by atoms with E-state index < -0.39 is 0 Å². The molecule has 0 spiro atoms. The maximum Gasteiger partial charge on any atom is 0.254 e. The average molecular weight is 388 g/mol. The van der Waals surface area contributed by atoms with Crippen LogP contribution in [0.4, 0.5) is 0 Å². The summed E-state index contributed by atoms with van der Waals surface area (Å²) in [6, 6.07) is 9.71. The zero-order valence-electron chi connectivity index (χ0n) is 14.3. The molecule has 0 aliphatic carbocycles. The number of aromatic nitrogens is 2. The van der Waals surface area contributed by atoms with Crippen molar-refractivity contribution in [3.63, 3.8) is 0 Å². The van der Waals surface area contributed by atoms with Gasteiger partial charge < -0.3 is 9.72 Å². The molecule has 0 unspecified atom stereocenters. The minimum Gasteiger partial charge on any atom is -0.495 e. The van der Waals surface area contributed by atoms with E-state index in [0.717, 1.165) is 28.2 Å². The van der Waals surface area contributed by atoms with Crippen LogP contribution in [0.15, 0.2) is 40.5 Å². The van der Waals surface area contributed by atoms with Gasteiger partial charge in [-0.05, 0) is 29.5 Å². The molecule has 0 fully saturated rings. The van der Waals surface area contributed by atoms with Crippen molar-refractivity contribution in [3.8, 4) is 16.5 Å². The molecule has 2 aromatic heterocycles. The Bertz CT molecular complexity index is 985. The summed E-state index contributed by atoms with van der Waals surface area (Å²) in [5.74, 6) is 1.32. The van der Waals surface area contributed by atoms with E-state index in [-0.39, 0.29) is 5.56 Å². The molecule has 0 bridgehead atoms. The number of halogens is 1. The monoisotopic (exact) mass is 387 g/mol. The lowest BCUT2D eigenvalue weighted by Gasteiger charge is -2.28. The summed E-state index contributed by atoms with van der Waals surface area (Å²) in [6.45, 7) is 2.12. The lowest BCUT2D eigenvalue weighted by Crippen LogP contribution is -2.35. The molecule has 1 aliphatic heterocycles. The van der Waals surface area contributed by atoms with Gasteiger partial charge in [-0.15, -0.1) is 11.3 Å². The van der Waals surface area contributed by atoms with E-state index in [1.807, 2.05) is 35.7 Å².